The average molecular weight is 132 g/mol. The summed E-state index contributed by atoms with van der Waals surface area (Å²) < 4.78 is 0. The molecule has 0 aliphatic heterocycles. The average Bonchev–Trinajstić information content (AvgIpc) is 1.68. The summed E-state index contributed by atoms with van der Waals surface area (Å²) in [5, 5.41) is 5.93. The van der Waals surface area contributed by atoms with Crippen molar-refractivity contribution >= 4 is 12.6 Å². The zero-order valence-corrected chi connectivity index (χ0v) is 6.14. The third-order valence-corrected chi connectivity index (χ3v) is 0.963. The van der Waals surface area contributed by atoms with E-state index in [9.17, 15) is 0 Å². The number of rotatable bonds is 4. The highest BCUT2D eigenvalue weighted by Gasteiger charge is 1.82. The van der Waals surface area contributed by atoms with Crippen molar-refractivity contribution in [1.29, 1.82) is 0 Å². The van der Waals surface area contributed by atoms with Gasteiger partial charge in [0.1, 0.15) is 0 Å². The van der Waals surface area contributed by atoms with Gasteiger partial charge in [-0.1, -0.05) is 13.8 Å². The van der Waals surface area contributed by atoms with Crippen molar-refractivity contribution in [3.05, 3.63) is 5.50 Å². The maximum absolute atomic E-state index is 4.83. The molecule has 0 aromatic heterocycles. The van der Waals surface area contributed by atoms with Gasteiger partial charge in [-0.2, -0.15) is 0 Å². The summed E-state index contributed by atoms with van der Waals surface area (Å²) in [6, 6.07) is 0. The fourth-order valence-electron chi connectivity index (χ4n) is 0.384. The molecule has 49 valence electrons. The Morgan fingerprint density at radius 2 is 1.62 bits per heavy atom. The zero-order valence-electron chi connectivity index (χ0n) is 5.32. The van der Waals surface area contributed by atoms with Crippen LogP contribution in [0.1, 0.15) is 13.8 Å². The Labute approximate surface area is 56.5 Å². The summed E-state index contributed by atoms with van der Waals surface area (Å²) in [4.78, 5) is 0. The first-order valence-corrected chi connectivity index (χ1v) is 3.23. The van der Waals surface area contributed by atoms with Gasteiger partial charge in [-0.15, -0.1) is 0 Å². The lowest BCUT2D eigenvalue weighted by Gasteiger charge is -2.22. The van der Waals surface area contributed by atoms with Crippen molar-refractivity contribution in [2.24, 2.45) is 0 Å². The molecule has 0 heterocycles. The smallest absolute Gasteiger partial charge is 0.00787 e. The van der Waals surface area contributed by atoms with E-state index in [1.54, 1.807) is 0 Å². The van der Waals surface area contributed by atoms with Crippen LogP contribution in [-0.2, 0) is 12.6 Å². The Bertz CT molecular complexity index is 43.7. The fraction of sp³-hybridized carbons (Fsp3) is 0.800. The van der Waals surface area contributed by atoms with Gasteiger partial charge in [0.25, 0.3) is 0 Å². The lowest BCUT2D eigenvalue weighted by atomic mass is 10.7. The predicted octanol–water partition coefficient (Wildman–Crippen LogP) is 0.199. The molecule has 2 nitrogen and oxygen atoms in total. The minimum Gasteiger partial charge on any atom is -0.754 e. The zero-order chi connectivity index (χ0) is 6.41. The second-order valence-electron chi connectivity index (χ2n) is 1.39. The Balaban J connectivity index is 2.92. The molecule has 8 heavy (non-hydrogen) atoms. The Kier molecular flexibility index (Phi) is 5.59. The van der Waals surface area contributed by atoms with E-state index in [0.717, 1.165) is 18.6 Å². The standard InChI is InChI=1S/C5H12N2S/c1-3-6-5(8)7-4-2/h6-7H,3-4H2,1-2H3/q-1. The molecule has 0 aromatic rings. The van der Waals surface area contributed by atoms with E-state index in [-0.39, 0.29) is 0 Å². The van der Waals surface area contributed by atoms with Crippen LogP contribution < -0.4 is 10.6 Å². The van der Waals surface area contributed by atoms with Gasteiger partial charge < -0.3 is 23.3 Å². The van der Waals surface area contributed by atoms with Crippen molar-refractivity contribution in [1.82, 2.24) is 10.6 Å². The van der Waals surface area contributed by atoms with Crippen molar-refractivity contribution in [2.45, 2.75) is 13.8 Å². The Morgan fingerprint density at radius 3 is 1.88 bits per heavy atom. The second kappa shape index (κ2) is 5.41. The maximum atomic E-state index is 4.83. The van der Waals surface area contributed by atoms with E-state index >= 15 is 0 Å². The van der Waals surface area contributed by atoms with Crippen LogP contribution in [0.15, 0.2) is 0 Å². The van der Waals surface area contributed by atoms with E-state index in [1.165, 1.54) is 0 Å². The third kappa shape index (κ3) is 4.43. The van der Waals surface area contributed by atoms with Crippen molar-refractivity contribution in [3.8, 4) is 0 Å². The Morgan fingerprint density at radius 1 is 1.25 bits per heavy atom. The molecule has 0 amide bonds. The SMILES string of the molecule is CCN[C]([S-])NCC. The Hall–Kier alpha value is 0.270. The van der Waals surface area contributed by atoms with Crippen LogP contribution in [0, 0.1) is 5.50 Å². The van der Waals surface area contributed by atoms with Crippen molar-refractivity contribution in [3.63, 3.8) is 0 Å². The van der Waals surface area contributed by atoms with Crippen LogP contribution in [0.25, 0.3) is 0 Å². The molecule has 0 fully saturated rings. The molecule has 0 spiro atoms. The van der Waals surface area contributed by atoms with Crippen LogP contribution in [0.4, 0.5) is 0 Å². The van der Waals surface area contributed by atoms with Gasteiger partial charge in [-0.05, 0) is 18.6 Å². The number of hydrogen-bond acceptors (Lipinski definition) is 3. The molecule has 2 N–H and O–H groups in total. The van der Waals surface area contributed by atoms with Gasteiger partial charge in [0.05, 0.1) is 0 Å². The molecule has 1 radical (unpaired) electrons. The van der Waals surface area contributed by atoms with Crippen LogP contribution in [0.3, 0.4) is 0 Å². The molecule has 0 unspecified atom stereocenters. The molecule has 0 aromatic carbocycles. The van der Waals surface area contributed by atoms with Gasteiger partial charge in [-0.3, -0.25) is 0 Å². The molecule has 0 aliphatic carbocycles. The van der Waals surface area contributed by atoms with E-state index in [2.05, 4.69) is 10.6 Å². The lowest BCUT2D eigenvalue weighted by Crippen LogP contribution is -2.31. The summed E-state index contributed by atoms with van der Waals surface area (Å²) in [5.74, 6) is 0. The molecular weight excluding hydrogens is 120 g/mol. The molecule has 0 rings (SSSR count). The lowest BCUT2D eigenvalue weighted by molar-refractivity contribution is 0.685. The normalized spacial score (nSPS) is 10.5. The largest absolute Gasteiger partial charge is 0.754 e. The van der Waals surface area contributed by atoms with Gasteiger partial charge >= 0.3 is 0 Å². The topological polar surface area (TPSA) is 24.1 Å². The van der Waals surface area contributed by atoms with Crippen molar-refractivity contribution < 1.29 is 0 Å². The molecule has 0 bridgehead atoms. The number of hydrogen-bond donors (Lipinski definition) is 2. The highest BCUT2D eigenvalue weighted by atomic mass is 32.1. The first-order chi connectivity index (χ1) is 3.81. The van der Waals surface area contributed by atoms with Crippen LogP contribution in [0.2, 0.25) is 0 Å². The monoisotopic (exact) mass is 132 g/mol. The van der Waals surface area contributed by atoms with Crippen molar-refractivity contribution in [2.75, 3.05) is 13.1 Å². The van der Waals surface area contributed by atoms with Gasteiger partial charge in [-0.25, -0.2) is 0 Å². The highest BCUT2D eigenvalue weighted by molar-refractivity contribution is 7.62. The summed E-state index contributed by atoms with van der Waals surface area (Å²) in [6.45, 7) is 5.82. The molecule has 0 saturated carbocycles. The van der Waals surface area contributed by atoms with Crippen LogP contribution >= 0.6 is 0 Å². The van der Waals surface area contributed by atoms with Gasteiger partial charge in [0, 0.05) is 0 Å². The fourth-order valence-corrected chi connectivity index (χ4v) is 0.672. The molecular formula is C5H12N2S-. The van der Waals surface area contributed by atoms with Gasteiger partial charge in [0.15, 0.2) is 0 Å². The highest BCUT2D eigenvalue weighted by Crippen LogP contribution is 1.78. The third-order valence-electron chi connectivity index (χ3n) is 0.675. The summed E-state index contributed by atoms with van der Waals surface area (Å²) >= 11 is 4.83. The first-order valence-electron chi connectivity index (χ1n) is 2.83. The summed E-state index contributed by atoms with van der Waals surface area (Å²) in [5.41, 5.74) is 0.745. The molecule has 0 saturated heterocycles. The van der Waals surface area contributed by atoms with E-state index < -0.39 is 0 Å². The predicted molar refractivity (Wildman–Crippen MR) is 38.0 cm³/mol. The maximum Gasteiger partial charge on any atom is -0.00787 e. The van der Waals surface area contributed by atoms with E-state index in [4.69, 9.17) is 12.6 Å². The second-order valence-corrected chi connectivity index (χ2v) is 1.80. The number of nitrogens with one attached hydrogen (secondary N) is 2. The molecule has 0 atom stereocenters. The quantitative estimate of drug-likeness (QED) is 0.534. The summed E-state index contributed by atoms with van der Waals surface area (Å²) in [6.07, 6.45) is 0. The molecule has 3 heteroatoms. The van der Waals surface area contributed by atoms with Gasteiger partial charge in [0.2, 0.25) is 0 Å². The minimum absolute atomic E-state index is 0.745. The summed E-state index contributed by atoms with van der Waals surface area (Å²) in [7, 11) is 0. The van der Waals surface area contributed by atoms with E-state index in [0.29, 0.717) is 0 Å². The van der Waals surface area contributed by atoms with Crippen LogP contribution in [0.5, 0.6) is 0 Å². The molecule has 0 aliphatic rings. The minimum atomic E-state index is 0.745. The van der Waals surface area contributed by atoms with Crippen LogP contribution in [-0.4, -0.2) is 13.1 Å². The first kappa shape index (κ1) is 8.27. The van der Waals surface area contributed by atoms with E-state index in [1.807, 2.05) is 13.8 Å².